The first-order chi connectivity index (χ1) is 13.2. The van der Waals surface area contributed by atoms with Crippen LogP contribution in [-0.2, 0) is 0 Å². The Kier molecular flexibility index (Phi) is 4.52. The molecule has 5 nitrogen and oxygen atoms in total. The van der Waals surface area contributed by atoms with Crippen LogP contribution in [0.15, 0.2) is 71.5 Å². The van der Waals surface area contributed by atoms with Crippen molar-refractivity contribution in [2.24, 2.45) is 0 Å². The van der Waals surface area contributed by atoms with E-state index in [0.29, 0.717) is 22.2 Å². The average molecular weight is 379 g/mol. The van der Waals surface area contributed by atoms with E-state index in [4.69, 9.17) is 20.8 Å². The number of fused-ring (bicyclic) bond motifs is 1. The van der Waals surface area contributed by atoms with Gasteiger partial charge in [-0.3, -0.25) is 4.79 Å². The van der Waals surface area contributed by atoms with Crippen molar-refractivity contribution in [2.75, 3.05) is 12.4 Å². The van der Waals surface area contributed by atoms with E-state index in [2.05, 4.69) is 10.3 Å². The number of nitrogens with zero attached hydrogens (tertiary/aromatic N) is 1. The maximum atomic E-state index is 12.8. The predicted molar refractivity (Wildman–Crippen MR) is 105 cm³/mol. The summed E-state index contributed by atoms with van der Waals surface area (Å²) in [5.74, 6) is 0.496. The minimum absolute atomic E-state index is 0.187. The number of methoxy groups -OCH3 is 1. The van der Waals surface area contributed by atoms with E-state index >= 15 is 0 Å². The van der Waals surface area contributed by atoms with Crippen molar-refractivity contribution < 1.29 is 13.9 Å². The van der Waals surface area contributed by atoms with Gasteiger partial charge in [0.1, 0.15) is 5.75 Å². The number of halogens is 1. The lowest BCUT2D eigenvalue weighted by atomic mass is 10.0. The van der Waals surface area contributed by atoms with E-state index in [-0.39, 0.29) is 5.69 Å². The molecule has 0 bridgehead atoms. The van der Waals surface area contributed by atoms with Gasteiger partial charge in [0.25, 0.3) is 5.91 Å². The zero-order valence-electron chi connectivity index (χ0n) is 14.4. The highest BCUT2D eigenvalue weighted by molar-refractivity contribution is 6.31. The number of ether oxygens (including phenoxy) is 1. The van der Waals surface area contributed by atoms with Gasteiger partial charge in [-0.1, -0.05) is 48.0 Å². The standard InChI is InChI=1S/C21H15ClN2O3/c1-26-18-9-8-16(22)11-17(18)24-21(25)19-20(27-12-23-19)15-7-6-13-4-2-3-5-14(13)10-15/h2-12H,1H3,(H,24,25). The summed E-state index contributed by atoms with van der Waals surface area (Å²) in [6.07, 6.45) is 1.26. The van der Waals surface area contributed by atoms with E-state index < -0.39 is 5.91 Å². The van der Waals surface area contributed by atoms with Gasteiger partial charge in [0.05, 0.1) is 12.8 Å². The fraction of sp³-hybridized carbons (Fsp3) is 0.0476. The topological polar surface area (TPSA) is 64.4 Å². The average Bonchev–Trinajstić information content (AvgIpc) is 3.18. The van der Waals surface area contributed by atoms with Crippen molar-refractivity contribution in [1.29, 1.82) is 0 Å². The number of aromatic nitrogens is 1. The molecule has 1 N–H and O–H groups in total. The fourth-order valence-electron chi connectivity index (χ4n) is 2.90. The van der Waals surface area contributed by atoms with Gasteiger partial charge in [-0.25, -0.2) is 4.98 Å². The van der Waals surface area contributed by atoms with Crippen molar-refractivity contribution in [2.45, 2.75) is 0 Å². The van der Waals surface area contributed by atoms with E-state index in [1.165, 1.54) is 13.5 Å². The number of nitrogens with one attached hydrogen (secondary N) is 1. The Morgan fingerprint density at radius 1 is 1.07 bits per heavy atom. The Labute approximate surface area is 160 Å². The summed E-state index contributed by atoms with van der Waals surface area (Å²) >= 11 is 6.02. The molecule has 0 saturated heterocycles. The monoisotopic (exact) mass is 378 g/mol. The van der Waals surface area contributed by atoms with Crippen molar-refractivity contribution in [3.8, 4) is 17.1 Å². The Hall–Kier alpha value is -3.31. The normalized spacial score (nSPS) is 10.7. The van der Waals surface area contributed by atoms with E-state index in [9.17, 15) is 4.79 Å². The lowest BCUT2D eigenvalue weighted by Crippen LogP contribution is -2.14. The van der Waals surface area contributed by atoms with Crippen LogP contribution in [0.3, 0.4) is 0 Å². The molecular formula is C21H15ClN2O3. The molecule has 0 aliphatic carbocycles. The summed E-state index contributed by atoms with van der Waals surface area (Å²) in [4.78, 5) is 16.9. The second-order valence-electron chi connectivity index (χ2n) is 5.89. The summed E-state index contributed by atoms with van der Waals surface area (Å²) < 4.78 is 10.8. The van der Waals surface area contributed by atoms with Crippen LogP contribution >= 0.6 is 11.6 Å². The predicted octanol–water partition coefficient (Wildman–Crippen LogP) is 5.41. The van der Waals surface area contributed by atoms with E-state index in [1.54, 1.807) is 18.2 Å². The van der Waals surface area contributed by atoms with E-state index in [0.717, 1.165) is 16.3 Å². The number of carbonyl (C=O) groups excluding carboxylic acids is 1. The number of benzene rings is 3. The third kappa shape index (κ3) is 3.37. The molecule has 134 valence electrons. The van der Waals surface area contributed by atoms with Crippen molar-refractivity contribution in [1.82, 2.24) is 4.98 Å². The smallest absolute Gasteiger partial charge is 0.278 e. The quantitative estimate of drug-likeness (QED) is 0.515. The molecule has 0 unspecified atom stereocenters. The second kappa shape index (κ2) is 7.13. The lowest BCUT2D eigenvalue weighted by molar-refractivity contribution is 0.102. The minimum Gasteiger partial charge on any atom is -0.495 e. The first kappa shape index (κ1) is 17.1. The van der Waals surface area contributed by atoms with Crippen molar-refractivity contribution in [3.63, 3.8) is 0 Å². The summed E-state index contributed by atoms with van der Waals surface area (Å²) in [6.45, 7) is 0. The number of oxazole rings is 1. The summed E-state index contributed by atoms with van der Waals surface area (Å²) in [6, 6.07) is 18.8. The Bertz CT molecular complexity index is 1140. The highest BCUT2D eigenvalue weighted by Gasteiger charge is 2.20. The van der Waals surface area contributed by atoms with Crippen LogP contribution in [0.1, 0.15) is 10.5 Å². The molecule has 1 aromatic heterocycles. The highest BCUT2D eigenvalue weighted by Crippen LogP contribution is 2.30. The number of hydrogen-bond donors (Lipinski definition) is 1. The van der Waals surface area contributed by atoms with Crippen LogP contribution in [0.2, 0.25) is 5.02 Å². The number of amides is 1. The molecule has 0 aliphatic rings. The van der Waals surface area contributed by atoms with Gasteiger partial charge >= 0.3 is 0 Å². The molecule has 27 heavy (non-hydrogen) atoms. The van der Waals surface area contributed by atoms with Crippen LogP contribution in [0.4, 0.5) is 5.69 Å². The maximum absolute atomic E-state index is 12.8. The maximum Gasteiger partial charge on any atom is 0.278 e. The fourth-order valence-corrected chi connectivity index (χ4v) is 3.07. The minimum atomic E-state index is -0.410. The number of anilines is 1. The molecule has 0 aliphatic heterocycles. The van der Waals surface area contributed by atoms with Gasteiger partial charge in [0, 0.05) is 10.6 Å². The SMILES string of the molecule is COc1ccc(Cl)cc1NC(=O)c1ncoc1-c1ccc2ccccc2c1. The first-order valence-corrected chi connectivity index (χ1v) is 8.61. The number of rotatable bonds is 4. The number of carbonyl (C=O) groups is 1. The molecular weight excluding hydrogens is 364 g/mol. The Morgan fingerprint density at radius 3 is 2.70 bits per heavy atom. The molecule has 0 atom stereocenters. The van der Waals surface area contributed by atoms with Crippen LogP contribution in [0.25, 0.3) is 22.1 Å². The molecule has 0 fully saturated rings. The molecule has 3 aromatic carbocycles. The van der Waals surface area contributed by atoms with E-state index in [1.807, 2.05) is 42.5 Å². The van der Waals surface area contributed by atoms with Gasteiger partial charge in [-0.15, -0.1) is 0 Å². The molecule has 4 rings (SSSR count). The molecule has 0 spiro atoms. The van der Waals surface area contributed by atoms with Crippen molar-refractivity contribution >= 4 is 34.0 Å². The van der Waals surface area contributed by atoms with Gasteiger partial charge < -0.3 is 14.5 Å². The number of hydrogen-bond acceptors (Lipinski definition) is 4. The van der Waals surface area contributed by atoms with Crippen LogP contribution < -0.4 is 10.1 Å². The van der Waals surface area contributed by atoms with Gasteiger partial charge in [-0.2, -0.15) is 0 Å². The van der Waals surface area contributed by atoms with Gasteiger partial charge in [0.15, 0.2) is 17.8 Å². The Balaban J connectivity index is 1.69. The largest absolute Gasteiger partial charge is 0.495 e. The molecule has 6 heteroatoms. The molecule has 0 saturated carbocycles. The van der Waals surface area contributed by atoms with Crippen LogP contribution in [0.5, 0.6) is 5.75 Å². The Morgan fingerprint density at radius 2 is 1.89 bits per heavy atom. The summed E-state index contributed by atoms with van der Waals surface area (Å²) in [5.41, 5.74) is 1.42. The molecule has 1 amide bonds. The third-order valence-electron chi connectivity index (χ3n) is 4.20. The second-order valence-corrected chi connectivity index (χ2v) is 6.33. The van der Waals surface area contributed by atoms with Crippen LogP contribution in [0, 0.1) is 0 Å². The van der Waals surface area contributed by atoms with Crippen LogP contribution in [-0.4, -0.2) is 18.0 Å². The zero-order chi connectivity index (χ0) is 18.8. The van der Waals surface area contributed by atoms with Crippen molar-refractivity contribution in [3.05, 3.63) is 77.8 Å². The first-order valence-electron chi connectivity index (χ1n) is 8.23. The third-order valence-corrected chi connectivity index (χ3v) is 4.44. The van der Waals surface area contributed by atoms with Gasteiger partial charge in [-0.05, 0) is 35.0 Å². The summed E-state index contributed by atoms with van der Waals surface area (Å²) in [7, 11) is 1.52. The molecule has 1 heterocycles. The van der Waals surface area contributed by atoms with Gasteiger partial charge in [0.2, 0.25) is 0 Å². The zero-order valence-corrected chi connectivity index (χ0v) is 15.2. The molecule has 4 aromatic rings. The highest BCUT2D eigenvalue weighted by atomic mass is 35.5. The molecule has 0 radical (unpaired) electrons. The summed E-state index contributed by atoms with van der Waals surface area (Å²) in [5, 5.41) is 5.43. The lowest BCUT2D eigenvalue weighted by Gasteiger charge is -2.10.